The fraction of sp³-hybridized carbons (Fsp3) is 0.350. The molecule has 156 valence electrons. The highest BCUT2D eigenvalue weighted by molar-refractivity contribution is 5.68. The number of hydrogen-bond donors (Lipinski definition) is 1. The largest absolute Gasteiger partial charge is 0.444 e. The second kappa shape index (κ2) is 8.50. The van der Waals surface area contributed by atoms with Gasteiger partial charge in [-0.1, -0.05) is 19.1 Å². The van der Waals surface area contributed by atoms with Crippen LogP contribution in [-0.2, 0) is 4.74 Å². The Morgan fingerprint density at radius 1 is 1.07 bits per heavy atom. The van der Waals surface area contributed by atoms with E-state index in [0.29, 0.717) is 5.56 Å². The van der Waals surface area contributed by atoms with Crippen LogP contribution >= 0.6 is 0 Å². The van der Waals surface area contributed by atoms with Gasteiger partial charge in [0.1, 0.15) is 5.60 Å². The number of nitro groups is 1. The third-order valence-corrected chi connectivity index (χ3v) is 4.17. The number of amides is 1. The second-order valence-electron chi connectivity index (χ2n) is 7.56. The average Bonchev–Trinajstić information content (AvgIpc) is 2.62. The molecule has 0 spiro atoms. The first-order valence-electron chi connectivity index (χ1n) is 8.77. The number of hydrogen-bond acceptors (Lipinski definition) is 4. The molecule has 2 atom stereocenters. The van der Waals surface area contributed by atoms with Gasteiger partial charge in [0.05, 0.1) is 11.0 Å². The van der Waals surface area contributed by atoms with Crippen molar-refractivity contribution in [2.75, 3.05) is 0 Å². The lowest BCUT2D eigenvalue weighted by molar-refractivity contribution is -0.384. The quantitative estimate of drug-likeness (QED) is 0.408. The van der Waals surface area contributed by atoms with Gasteiger partial charge < -0.3 is 10.1 Å². The molecule has 0 saturated carbocycles. The van der Waals surface area contributed by atoms with Gasteiger partial charge in [-0.25, -0.2) is 18.0 Å². The summed E-state index contributed by atoms with van der Waals surface area (Å²) in [7, 11) is 0. The molecule has 0 radical (unpaired) electrons. The first-order chi connectivity index (χ1) is 13.4. The van der Waals surface area contributed by atoms with Crippen molar-refractivity contribution in [1.29, 1.82) is 0 Å². The van der Waals surface area contributed by atoms with Crippen molar-refractivity contribution in [3.8, 4) is 0 Å². The van der Waals surface area contributed by atoms with Gasteiger partial charge >= 0.3 is 6.09 Å². The molecule has 2 aromatic carbocycles. The lowest BCUT2D eigenvalue weighted by atomic mass is 9.88. The van der Waals surface area contributed by atoms with Gasteiger partial charge in [0, 0.05) is 18.1 Å². The summed E-state index contributed by atoms with van der Waals surface area (Å²) in [6.45, 7) is 6.61. The van der Waals surface area contributed by atoms with Crippen LogP contribution in [0.2, 0.25) is 0 Å². The number of rotatable bonds is 5. The zero-order valence-corrected chi connectivity index (χ0v) is 16.3. The minimum atomic E-state index is -1.62. The third-order valence-electron chi connectivity index (χ3n) is 4.17. The van der Waals surface area contributed by atoms with Crippen LogP contribution in [0, 0.1) is 27.6 Å². The van der Waals surface area contributed by atoms with Crippen molar-refractivity contribution in [2.45, 2.75) is 45.3 Å². The van der Waals surface area contributed by atoms with E-state index in [0.717, 1.165) is 12.1 Å². The fourth-order valence-electron chi connectivity index (χ4n) is 2.78. The molecule has 0 aromatic heterocycles. The van der Waals surface area contributed by atoms with E-state index in [1.807, 2.05) is 0 Å². The summed E-state index contributed by atoms with van der Waals surface area (Å²) in [5, 5.41) is 13.4. The predicted molar refractivity (Wildman–Crippen MR) is 99.9 cm³/mol. The Labute approximate surface area is 165 Å². The summed E-state index contributed by atoms with van der Waals surface area (Å²) in [5.41, 5.74) is -0.402. The summed E-state index contributed by atoms with van der Waals surface area (Å²) >= 11 is 0. The van der Waals surface area contributed by atoms with Gasteiger partial charge in [-0.3, -0.25) is 10.1 Å². The van der Waals surface area contributed by atoms with Crippen LogP contribution in [0.25, 0.3) is 0 Å². The first kappa shape index (κ1) is 22.2. The average molecular weight is 410 g/mol. The van der Waals surface area contributed by atoms with Crippen LogP contribution in [0.3, 0.4) is 0 Å². The molecule has 29 heavy (non-hydrogen) atoms. The maximum atomic E-state index is 13.8. The number of nitro benzene ring substituents is 1. The smallest absolute Gasteiger partial charge is 0.408 e. The van der Waals surface area contributed by atoms with Crippen molar-refractivity contribution in [2.24, 2.45) is 0 Å². The first-order valence-corrected chi connectivity index (χ1v) is 8.77. The number of benzene rings is 2. The zero-order chi connectivity index (χ0) is 21.9. The number of nitrogens with one attached hydrogen (secondary N) is 1. The fourth-order valence-corrected chi connectivity index (χ4v) is 2.78. The summed E-state index contributed by atoms with van der Waals surface area (Å²) in [4.78, 5) is 22.6. The van der Waals surface area contributed by atoms with E-state index >= 15 is 0 Å². The number of non-ortho nitro benzene ring substituents is 1. The van der Waals surface area contributed by atoms with E-state index in [9.17, 15) is 28.1 Å². The highest BCUT2D eigenvalue weighted by Gasteiger charge is 2.28. The summed E-state index contributed by atoms with van der Waals surface area (Å²) < 4.78 is 46.2. The summed E-state index contributed by atoms with van der Waals surface area (Å²) in [6, 6.07) is 6.11. The van der Waals surface area contributed by atoms with Crippen molar-refractivity contribution in [3.05, 3.63) is 75.1 Å². The number of halogens is 3. The van der Waals surface area contributed by atoms with Gasteiger partial charge in [0.2, 0.25) is 0 Å². The lowest BCUT2D eigenvalue weighted by Gasteiger charge is -2.28. The molecular weight excluding hydrogens is 389 g/mol. The minimum Gasteiger partial charge on any atom is -0.444 e. The number of carbonyl (C=O) groups excluding carboxylic acids is 1. The molecule has 0 aliphatic heterocycles. The van der Waals surface area contributed by atoms with Crippen molar-refractivity contribution >= 4 is 11.8 Å². The predicted octanol–water partition coefficient (Wildman–Crippen LogP) is 5.38. The van der Waals surface area contributed by atoms with E-state index < -0.39 is 46.0 Å². The van der Waals surface area contributed by atoms with Crippen LogP contribution in [0.15, 0.2) is 36.4 Å². The van der Waals surface area contributed by atoms with Gasteiger partial charge in [-0.2, -0.15) is 0 Å². The highest BCUT2D eigenvalue weighted by Crippen LogP contribution is 2.33. The van der Waals surface area contributed by atoms with Crippen LogP contribution in [0.5, 0.6) is 0 Å². The van der Waals surface area contributed by atoms with Gasteiger partial charge in [-0.15, -0.1) is 0 Å². The molecule has 0 saturated heterocycles. The number of nitrogens with zero attached hydrogens (tertiary/aromatic N) is 1. The molecule has 0 heterocycles. The summed E-state index contributed by atoms with van der Waals surface area (Å²) in [5.74, 6) is -4.99. The third kappa shape index (κ3) is 5.69. The van der Waals surface area contributed by atoms with E-state index in [2.05, 4.69) is 5.32 Å². The van der Waals surface area contributed by atoms with Gasteiger partial charge in [-0.05, 0) is 44.0 Å². The Morgan fingerprint density at radius 2 is 1.59 bits per heavy atom. The van der Waals surface area contributed by atoms with Crippen molar-refractivity contribution in [1.82, 2.24) is 5.32 Å². The molecule has 2 rings (SSSR count). The normalized spacial score (nSPS) is 13.5. The summed E-state index contributed by atoms with van der Waals surface area (Å²) in [6.07, 6.45) is -0.832. The molecular formula is C20H21F3N2O4. The van der Waals surface area contributed by atoms with E-state index in [1.54, 1.807) is 27.7 Å². The molecule has 0 fully saturated rings. The van der Waals surface area contributed by atoms with E-state index in [4.69, 9.17) is 4.74 Å². The van der Waals surface area contributed by atoms with Crippen molar-refractivity contribution in [3.63, 3.8) is 0 Å². The van der Waals surface area contributed by atoms with E-state index in [1.165, 1.54) is 24.3 Å². The second-order valence-corrected chi connectivity index (χ2v) is 7.56. The topological polar surface area (TPSA) is 81.5 Å². The molecule has 6 nitrogen and oxygen atoms in total. The highest BCUT2D eigenvalue weighted by atomic mass is 19.2. The Hall–Kier alpha value is -3.10. The van der Waals surface area contributed by atoms with Crippen LogP contribution in [0.4, 0.5) is 23.7 Å². The maximum absolute atomic E-state index is 13.8. The standard InChI is InChI=1S/C20H21F3N2O4/c1-11(12-5-7-14(8-6-12)25(27)28)18(24-19(26)29-20(2,3)4)13-9-15(21)17(23)16(22)10-13/h5-11,18H,1-4H3,(H,24,26)/t11-,18-/m1/s1. The Kier molecular flexibility index (Phi) is 6.51. The monoisotopic (exact) mass is 410 g/mol. The van der Waals surface area contributed by atoms with Crippen molar-refractivity contribution < 1.29 is 27.6 Å². The molecule has 0 unspecified atom stereocenters. The molecule has 0 bridgehead atoms. The van der Waals surface area contributed by atoms with E-state index in [-0.39, 0.29) is 11.3 Å². The zero-order valence-electron chi connectivity index (χ0n) is 16.3. The molecule has 9 heteroatoms. The van der Waals surface area contributed by atoms with Gasteiger partial charge in [0.25, 0.3) is 5.69 Å². The molecule has 1 N–H and O–H groups in total. The number of carbonyl (C=O) groups is 1. The SMILES string of the molecule is C[C@H](c1ccc([N+](=O)[O-])cc1)[C@@H](NC(=O)OC(C)(C)C)c1cc(F)c(F)c(F)c1. The Balaban J connectivity index is 2.43. The molecule has 0 aliphatic rings. The number of ether oxygens (including phenoxy) is 1. The Morgan fingerprint density at radius 3 is 2.03 bits per heavy atom. The maximum Gasteiger partial charge on any atom is 0.408 e. The molecule has 0 aliphatic carbocycles. The minimum absolute atomic E-state index is 0.0156. The molecule has 1 amide bonds. The van der Waals surface area contributed by atoms with Crippen LogP contribution in [-0.4, -0.2) is 16.6 Å². The molecule has 2 aromatic rings. The van der Waals surface area contributed by atoms with Crippen LogP contribution in [0.1, 0.15) is 50.8 Å². The lowest BCUT2D eigenvalue weighted by Crippen LogP contribution is -2.37. The Bertz CT molecular complexity index is 888. The van der Waals surface area contributed by atoms with Crippen LogP contribution < -0.4 is 5.32 Å². The number of alkyl carbamates (subject to hydrolysis) is 1. The van der Waals surface area contributed by atoms with Gasteiger partial charge in [0.15, 0.2) is 17.5 Å².